The van der Waals surface area contributed by atoms with Gasteiger partial charge in [0.15, 0.2) is 0 Å². The van der Waals surface area contributed by atoms with Crippen molar-refractivity contribution in [1.29, 1.82) is 0 Å². The first-order valence-electron chi connectivity index (χ1n) is 10.8. The fourth-order valence-corrected chi connectivity index (χ4v) is 3.98. The molecule has 38 heavy (non-hydrogen) atoms. The van der Waals surface area contributed by atoms with E-state index in [2.05, 4.69) is 16.0 Å². The molecule has 0 aliphatic heterocycles. The molecule has 3 amide bonds. The van der Waals surface area contributed by atoms with Crippen molar-refractivity contribution in [2.24, 2.45) is 0 Å². The molecular weight excluding hydrogens is 541 g/mol. The van der Waals surface area contributed by atoms with Crippen molar-refractivity contribution in [2.45, 2.75) is 12.6 Å². The number of nitrogens with one attached hydrogen (secondary N) is 3. The van der Waals surface area contributed by atoms with E-state index in [4.69, 9.17) is 23.2 Å². The van der Waals surface area contributed by atoms with E-state index < -0.39 is 36.3 Å². The van der Waals surface area contributed by atoms with Gasteiger partial charge in [0.1, 0.15) is 23.3 Å². The zero-order chi connectivity index (χ0) is 28.0. The van der Waals surface area contributed by atoms with Crippen molar-refractivity contribution in [2.75, 3.05) is 6.54 Å². The van der Waals surface area contributed by atoms with Crippen LogP contribution < -0.4 is 16.0 Å². The number of carbonyl (C=O) groups is 4. The number of hydrogen-bond acceptors (Lipinski definition) is 7. The normalized spacial score (nSPS) is 11.3. The predicted molar refractivity (Wildman–Crippen MR) is 137 cm³/mol. The average molecular weight is 562 g/mol. The van der Waals surface area contributed by atoms with Crippen LogP contribution >= 0.6 is 23.2 Å². The quantitative estimate of drug-likeness (QED) is 0.208. The lowest BCUT2D eigenvalue weighted by Crippen LogP contribution is -2.48. The van der Waals surface area contributed by atoms with Gasteiger partial charge in [0.25, 0.3) is 17.7 Å². The molecule has 11 nitrogen and oxygen atoms in total. The van der Waals surface area contributed by atoms with E-state index in [1.165, 1.54) is 24.3 Å². The molecule has 0 aromatic heterocycles. The minimum atomic E-state index is -1.60. The van der Waals surface area contributed by atoms with Crippen LogP contribution in [0.4, 0.5) is 0 Å². The monoisotopic (exact) mass is 561 g/mol. The number of aromatic hydroxyl groups is 3. The van der Waals surface area contributed by atoms with Gasteiger partial charge in [0.2, 0.25) is 0 Å². The zero-order valence-electron chi connectivity index (χ0n) is 19.4. The minimum absolute atomic E-state index is 0.0353. The van der Waals surface area contributed by atoms with Crippen LogP contribution in [0.1, 0.15) is 36.6 Å². The van der Waals surface area contributed by atoms with Crippen LogP contribution in [0.15, 0.2) is 54.6 Å². The Kier molecular flexibility index (Phi) is 9.00. The predicted octanol–water partition coefficient (Wildman–Crippen LogP) is 2.65. The smallest absolute Gasteiger partial charge is 0.328 e. The van der Waals surface area contributed by atoms with E-state index in [0.29, 0.717) is 5.56 Å². The zero-order valence-corrected chi connectivity index (χ0v) is 20.9. The first kappa shape index (κ1) is 28.1. The largest absolute Gasteiger partial charge is 0.508 e. The summed E-state index contributed by atoms with van der Waals surface area (Å²) in [5.74, 6) is -4.54. The van der Waals surface area contributed by atoms with Gasteiger partial charge in [-0.15, -0.1) is 0 Å². The van der Waals surface area contributed by atoms with Crippen molar-refractivity contribution in [1.82, 2.24) is 16.0 Å². The number of benzene rings is 3. The molecule has 0 fully saturated rings. The number of amides is 3. The Morgan fingerprint density at radius 3 is 1.89 bits per heavy atom. The van der Waals surface area contributed by atoms with Crippen LogP contribution in [-0.2, 0) is 11.3 Å². The highest BCUT2D eigenvalue weighted by Crippen LogP contribution is 2.27. The lowest BCUT2D eigenvalue weighted by molar-refractivity contribution is -0.139. The van der Waals surface area contributed by atoms with Crippen LogP contribution in [0.5, 0.6) is 17.2 Å². The molecule has 0 heterocycles. The number of carboxylic acids is 1. The van der Waals surface area contributed by atoms with Gasteiger partial charge in [-0.1, -0.05) is 35.3 Å². The second-order valence-electron chi connectivity index (χ2n) is 7.98. The van der Waals surface area contributed by atoms with E-state index in [9.17, 15) is 39.6 Å². The maximum Gasteiger partial charge on any atom is 0.328 e. The molecule has 0 radical (unpaired) electrons. The molecule has 13 heteroatoms. The molecule has 198 valence electrons. The summed E-state index contributed by atoms with van der Waals surface area (Å²) in [6.45, 7) is -0.458. The second kappa shape index (κ2) is 12.2. The molecular formula is C25H21Cl2N3O8. The highest BCUT2D eigenvalue weighted by atomic mass is 35.5. The number of carboxylic acid groups (broad SMARTS) is 1. The van der Waals surface area contributed by atoms with Gasteiger partial charge < -0.3 is 36.4 Å². The Morgan fingerprint density at radius 2 is 1.32 bits per heavy atom. The van der Waals surface area contributed by atoms with Crippen LogP contribution in [0.25, 0.3) is 0 Å². The summed E-state index contributed by atoms with van der Waals surface area (Å²) in [6.07, 6.45) is 0. The first-order valence-corrected chi connectivity index (χ1v) is 11.6. The molecule has 0 aliphatic rings. The summed E-state index contributed by atoms with van der Waals surface area (Å²) in [7, 11) is 0. The Morgan fingerprint density at radius 1 is 0.737 bits per heavy atom. The Balaban J connectivity index is 1.67. The Labute approximate surface area is 225 Å². The fourth-order valence-electron chi connectivity index (χ4n) is 3.33. The topological polar surface area (TPSA) is 185 Å². The third-order valence-electron chi connectivity index (χ3n) is 5.13. The molecule has 3 aromatic carbocycles. The Hall–Kier alpha value is -4.48. The fraction of sp³-hybridized carbons (Fsp3) is 0.120. The number of phenolic OH excluding ortho intramolecular Hbond substituents is 3. The van der Waals surface area contributed by atoms with Crippen molar-refractivity contribution >= 4 is 46.9 Å². The van der Waals surface area contributed by atoms with E-state index in [-0.39, 0.29) is 50.5 Å². The van der Waals surface area contributed by atoms with Crippen LogP contribution in [0.3, 0.4) is 0 Å². The lowest BCUT2D eigenvalue weighted by atomic mass is 10.1. The van der Waals surface area contributed by atoms with Gasteiger partial charge in [0, 0.05) is 30.3 Å². The number of aliphatic carboxylic acids is 1. The summed E-state index contributed by atoms with van der Waals surface area (Å²) in [5.41, 5.74) is 0.252. The number of halogens is 2. The summed E-state index contributed by atoms with van der Waals surface area (Å²) in [4.78, 5) is 49.2. The SMILES string of the molecule is O=C(NCc1cccc(O)c1)c1cc(Cl)c(C(=O)NC(CNC(=O)c2cc(O)cc(O)c2)C(=O)O)c(Cl)c1. The highest BCUT2D eigenvalue weighted by Gasteiger charge is 2.25. The second-order valence-corrected chi connectivity index (χ2v) is 8.79. The molecule has 7 N–H and O–H groups in total. The molecule has 0 bridgehead atoms. The number of hydrogen-bond donors (Lipinski definition) is 7. The van der Waals surface area contributed by atoms with Crippen molar-refractivity contribution < 1.29 is 39.6 Å². The van der Waals surface area contributed by atoms with Crippen molar-refractivity contribution in [3.8, 4) is 17.2 Å². The van der Waals surface area contributed by atoms with Crippen molar-refractivity contribution in [3.05, 3.63) is 86.9 Å². The molecule has 0 aliphatic carbocycles. The van der Waals surface area contributed by atoms with Gasteiger partial charge in [-0.05, 0) is 42.0 Å². The van der Waals surface area contributed by atoms with E-state index in [1.54, 1.807) is 12.1 Å². The van der Waals surface area contributed by atoms with Crippen LogP contribution in [-0.4, -0.2) is 56.7 Å². The molecule has 0 saturated heterocycles. The Bertz CT molecular complexity index is 1370. The number of carbonyl (C=O) groups excluding carboxylic acids is 3. The summed E-state index contributed by atoms with van der Waals surface area (Å²) in [5, 5.41) is 44.7. The summed E-state index contributed by atoms with van der Waals surface area (Å²) in [6, 6.07) is 10.2. The minimum Gasteiger partial charge on any atom is -0.508 e. The average Bonchev–Trinajstić information content (AvgIpc) is 2.83. The molecule has 0 spiro atoms. The standard InChI is InChI=1S/C25H21Cl2N3O8/c26-18-7-14(23(35)28-10-12-2-1-3-15(31)4-12)8-19(27)21(18)24(36)30-20(25(37)38)11-29-22(34)13-5-16(32)9-17(33)6-13/h1-9,20,31-33H,10-11H2,(H,28,35)(H,29,34)(H,30,36)(H,37,38). The third-order valence-corrected chi connectivity index (χ3v) is 5.73. The highest BCUT2D eigenvalue weighted by molar-refractivity contribution is 6.40. The molecule has 1 atom stereocenters. The van der Waals surface area contributed by atoms with Crippen LogP contribution in [0, 0.1) is 0 Å². The van der Waals surface area contributed by atoms with Crippen molar-refractivity contribution in [3.63, 3.8) is 0 Å². The third kappa shape index (κ3) is 7.28. The first-order chi connectivity index (χ1) is 17.9. The molecule has 3 aromatic rings. The lowest BCUT2D eigenvalue weighted by Gasteiger charge is -2.17. The maximum atomic E-state index is 12.8. The van der Waals surface area contributed by atoms with E-state index >= 15 is 0 Å². The van der Waals surface area contributed by atoms with E-state index in [1.807, 2.05) is 0 Å². The van der Waals surface area contributed by atoms with Gasteiger partial charge in [-0.3, -0.25) is 14.4 Å². The molecule has 3 rings (SSSR count). The van der Waals surface area contributed by atoms with Crippen LogP contribution in [0.2, 0.25) is 10.0 Å². The number of phenols is 3. The van der Waals surface area contributed by atoms with Gasteiger partial charge in [0.05, 0.1) is 15.6 Å². The van der Waals surface area contributed by atoms with E-state index in [0.717, 1.165) is 18.2 Å². The molecule has 0 saturated carbocycles. The molecule has 1 unspecified atom stereocenters. The summed E-state index contributed by atoms with van der Waals surface area (Å²) < 4.78 is 0. The van der Waals surface area contributed by atoms with Gasteiger partial charge >= 0.3 is 5.97 Å². The maximum absolute atomic E-state index is 12.8. The summed E-state index contributed by atoms with van der Waals surface area (Å²) >= 11 is 12.4. The van der Waals surface area contributed by atoms with Gasteiger partial charge in [-0.2, -0.15) is 0 Å². The number of rotatable bonds is 9. The van der Waals surface area contributed by atoms with Gasteiger partial charge in [-0.25, -0.2) is 4.79 Å².